The Labute approximate surface area is 150 Å². The Morgan fingerprint density at radius 1 is 1.31 bits per heavy atom. The van der Waals surface area contributed by atoms with E-state index in [1.165, 1.54) is 23.9 Å². The van der Waals surface area contributed by atoms with E-state index in [1.807, 2.05) is 0 Å². The van der Waals surface area contributed by atoms with Crippen molar-refractivity contribution in [2.75, 3.05) is 5.32 Å². The summed E-state index contributed by atoms with van der Waals surface area (Å²) in [5.74, 6) is -0.283. The molecule has 2 aliphatic rings. The third-order valence-corrected chi connectivity index (χ3v) is 5.56. The predicted molar refractivity (Wildman–Crippen MR) is 92.0 cm³/mol. The molecule has 2 heterocycles. The van der Waals surface area contributed by atoms with Crippen LogP contribution in [0.2, 0.25) is 0 Å². The number of halogens is 3. The second kappa shape index (κ2) is 5.54. The molecule has 9 heteroatoms. The van der Waals surface area contributed by atoms with Crippen LogP contribution in [0.3, 0.4) is 0 Å². The smallest absolute Gasteiger partial charge is 0.406 e. The Bertz CT molecular complexity index is 995. The van der Waals surface area contributed by atoms with E-state index < -0.39 is 12.1 Å². The number of ether oxygens (including phenoxy) is 1. The van der Waals surface area contributed by atoms with Crippen molar-refractivity contribution in [3.05, 3.63) is 51.8 Å². The van der Waals surface area contributed by atoms with Gasteiger partial charge in [-0.2, -0.15) is 0 Å². The topological polar surface area (TPSA) is 67.0 Å². The van der Waals surface area contributed by atoms with Gasteiger partial charge in [0.2, 0.25) is 0 Å². The Kier molecular flexibility index (Phi) is 3.62. The molecule has 0 spiro atoms. The normalized spacial score (nSPS) is 17.7. The van der Waals surface area contributed by atoms with Gasteiger partial charge in [-0.15, -0.1) is 13.2 Å². The van der Waals surface area contributed by atoms with Crippen LogP contribution < -0.4 is 15.7 Å². The van der Waals surface area contributed by atoms with Gasteiger partial charge in [-0.3, -0.25) is 0 Å². The number of benzene rings is 1. The van der Waals surface area contributed by atoms with Crippen LogP contribution >= 0.6 is 11.8 Å². The lowest BCUT2D eigenvalue weighted by molar-refractivity contribution is -0.274. The third kappa shape index (κ3) is 2.96. The molecule has 1 aliphatic carbocycles. The number of aromatic amines is 1. The first-order chi connectivity index (χ1) is 12.1. The highest BCUT2D eigenvalue weighted by atomic mass is 32.2. The van der Waals surface area contributed by atoms with Crippen LogP contribution in [0.5, 0.6) is 5.75 Å². The fraction of sp³-hybridized carbons (Fsp3) is 0.294. The average Bonchev–Trinajstić information content (AvgIpc) is 2.51. The highest BCUT2D eigenvalue weighted by Crippen LogP contribution is 2.52. The summed E-state index contributed by atoms with van der Waals surface area (Å²) >= 11 is 1.31. The molecule has 5 nitrogen and oxygen atoms in total. The Balaban J connectivity index is 1.77. The number of nitrogens with zero attached hydrogens (tertiary/aromatic N) is 1. The van der Waals surface area contributed by atoms with Crippen molar-refractivity contribution < 1.29 is 17.9 Å². The van der Waals surface area contributed by atoms with Gasteiger partial charge in [-0.1, -0.05) is 25.6 Å². The Morgan fingerprint density at radius 2 is 2.08 bits per heavy atom. The summed E-state index contributed by atoms with van der Waals surface area (Å²) < 4.78 is 41.4. The molecule has 0 amide bonds. The lowest BCUT2D eigenvalue weighted by Crippen LogP contribution is -2.30. The largest absolute Gasteiger partial charge is 0.573 e. The molecule has 0 saturated carbocycles. The average molecular weight is 381 g/mol. The molecule has 4 rings (SSSR count). The van der Waals surface area contributed by atoms with Crippen molar-refractivity contribution in [1.29, 1.82) is 0 Å². The molecule has 0 unspecified atom stereocenters. The number of anilines is 1. The van der Waals surface area contributed by atoms with Crippen molar-refractivity contribution >= 4 is 22.4 Å². The van der Waals surface area contributed by atoms with Crippen LogP contribution in [0.1, 0.15) is 31.5 Å². The van der Waals surface area contributed by atoms with Gasteiger partial charge in [-0.05, 0) is 30.0 Å². The van der Waals surface area contributed by atoms with Crippen molar-refractivity contribution in [3.8, 4) is 5.75 Å². The summed E-state index contributed by atoms with van der Waals surface area (Å²) in [5, 5.41) is 3.28. The Morgan fingerprint density at radius 3 is 2.81 bits per heavy atom. The molecule has 0 fully saturated rings. The number of H-pyrrole nitrogens is 1. The van der Waals surface area contributed by atoms with Gasteiger partial charge in [0.1, 0.15) is 5.75 Å². The van der Waals surface area contributed by atoms with Crippen LogP contribution in [0.4, 0.5) is 18.9 Å². The number of aromatic nitrogens is 2. The number of nitrogens with one attached hydrogen (secondary N) is 2. The van der Waals surface area contributed by atoms with Gasteiger partial charge in [0.15, 0.2) is 0 Å². The minimum Gasteiger partial charge on any atom is -0.406 e. The molecule has 0 atom stereocenters. The molecule has 0 saturated heterocycles. The van der Waals surface area contributed by atoms with Gasteiger partial charge >= 0.3 is 12.1 Å². The number of hydrogen-bond acceptors (Lipinski definition) is 5. The molecule has 1 aromatic carbocycles. The Hall–Kier alpha value is -2.42. The van der Waals surface area contributed by atoms with Gasteiger partial charge in [0.25, 0.3) is 0 Å². The van der Waals surface area contributed by atoms with Crippen LogP contribution in [0.15, 0.2) is 39.8 Å². The molecule has 1 aromatic heterocycles. The second-order valence-corrected chi connectivity index (χ2v) is 7.83. The van der Waals surface area contributed by atoms with E-state index in [-0.39, 0.29) is 11.2 Å². The van der Waals surface area contributed by atoms with E-state index >= 15 is 0 Å². The lowest BCUT2D eigenvalue weighted by atomic mass is 9.76. The summed E-state index contributed by atoms with van der Waals surface area (Å²) in [6.45, 7) is 4.11. The SMILES string of the molecule is CC1(C)CC2=C(Sc3cc(OC(F)(F)F)ccc3N2)c2[nH]c(=O)ncc21. The molecule has 136 valence electrons. The summed E-state index contributed by atoms with van der Waals surface area (Å²) in [6.07, 6.45) is -2.49. The lowest BCUT2D eigenvalue weighted by Gasteiger charge is -2.37. The molecule has 2 N–H and O–H groups in total. The number of fused-ring (bicyclic) bond motifs is 3. The standard InChI is InChI=1S/C17H14F3N3O2S/c1-16(2)6-11-14(13-9(16)7-21-15(24)23-13)26-12-5-8(25-17(18,19)20)3-4-10(12)22-11/h3-5,7,22H,6H2,1-2H3,(H,21,23,24). The molecular formula is C17H14F3N3O2S. The van der Waals surface area contributed by atoms with Crippen LogP contribution in [0, 0.1) is 0 Å². The quantitative estimate of drug-likeness (QED) is 0.774. The maximum atomic E-state index is 12.5. The van der Waals surface area contributed by atoms with E-state index in [2.05, 4.69) is 33.9 Å². The fourth-order valence-electron chi connectivity index (χ4n) is 3.23. The second-order valence-electron chi connectivity index (χ2n) is 6.78. The van der Waals surface area contributed by atoms with E-state index in [0.717, 1.165) is 16.2 Å². The zero-order chi connectivity index (χ0) is 18.7. The maximum absolute atomic E-state index is 12.5. The van der Waals surface area contributed by atoms with Crippen molar-refractivity contribution in [2.24, 2.45) is 0 Å². The van der Waals surface area contributed by atoms with Crippen LogP contribution in [0.25, 0.3) is 4.91 Å². The van der Waals surface area contributed by atoms with E-state index in [9.17, 15) is 18.0 Å². The van der Waals surface area contributed by atoms with Gasteiger partial charge in [0, 0.05) is 22.4 Å². The van der Waals surface area contributed by atoms with Gasteiger partial charge in [0.05, 0.1) is 16.3 Å². The first-order valence-electron chi connectivity index (χ1n) is 7.80. The van der Waals surface area contributed by atoms with Crippen LogP contribution in [-0.2, 0) is 5.41 Å². The predicted octanol–water partition coefficient (Wildman–Crippen LogP) is 4.24. The van der Waals surface area contributed by atoms with E-state index in [0.29, 0.717) is 22.7 Å². The van der Waals surface area contributed by atoms with Crippen molar-refractivity contribution in [1.82, 2.24) is 9.97 Å². The van der Waals surface area contributed by atoms with Crippen LogP contribution in [-0.4, -0.2) is 16.3 Å². The monoisotopic (exact) mass is 381 g/mol. The maximum Gasteiger partial charge on any atom is 0.573 e. The summed E-state index contributed by atoms with van der Waals surface area (Å²) in [7, 11) is 0. The van der Waals surface area contributed by atoms with Crippen molar-refractivity contribution in [2.45, 2.75) is 36.9 Å². The number of rotatable bonds is 1. The number of alkyl halides is 3. The molecular weight excluding hydrogens is 367 g/mol. The van der Waals surface area contributed by atoms with Crippen molar-refractivity contribution in [3.63, 3.8) is 0 Å². The number of thioether (sulfide) groups is 1. The minimum absolute atomic E-state index is 0.240. The fourth-order valence-corrected chi connectivity index (χ4v) is 4.36. The molecule has 0 bridgehead atoms. The summed E-state index contributed by atoms with van der Waals surface area (Å²) in [4.78, 5) is 19.7. The molecule has 26 heavy (non-hydrogen) atoms. The first kappa shape index (κ1) is 17.0. The molecule has 2 aromatic rings. The number of hydrogen-bond donors (Lipinski definition) is 2. The van der Waals surface area contributed by atoms with Gasteiger partial charge < -0.3 is 15.0 Å². The van der Waals surface area contributed by atoms with Gasteiger partial charge in [-0.25, -0.2) is 9.78 Å². The summed E-state index contributed by atoms with van der Waals surface area (Å²) in [6, 6.07) is 4.17. The zero-order valence-electron chi connectivity index (χ0n) is 13.8. The number of allylic oxidation sites excluding steroid dienone is 1. The molecule has 1 aliphatic heterocycles. The third-order valence-electron chi connectivity index (χ3n) is 4.35. The zero-order valence-corrected chi connectivity index (χ0v) is 14.6. The first-order valence-corrected chi connectivity index (χ1v) is 8.62. The minimum atomic E-state index is -4.75. The van der Waals surface area contributed by atoms with E-state index in [4.69, 9.17) is 0 Å². The van der Waals surface area contributed by atoms with E-state index in [1.54, 1.807) is 12.3 Å². The summed E-state index contributed by atoms with van der Waals surface area (Å²) in [5.41, 5.74) is 2.48. The highest BCUT2D eigenvalue weighted by Gasteiger charge is 2.37. The highest BCUT2D eigenvalue weighted by molar-refractivity contribution is 8.08. The molecule has 0 radical (unpaired) electrons.